The molecule has 0 atom stereocenters. The predicted molar refractivity (Wildman–Crippen MR) is 100.0 cm³/mol. The van der Waals surface area contributed by atoms with E-state index in [1.54, 1.807) is 20.3 Å². The van der Waals surface area contributed by atoms with Crippen LogP contribution in [0.2, 0.25) is 0 Å². The number of aromatic nitrogens is 2. The van der Waals surface area contributed by atoms with E-state index in [4.69, 9.17) is 27.4 Å². The number of aromatic amines is 1. The van der Waals surface area contributed by atoms with Gasteiger partial charge in [0.2, 0.25) is 0 Å². The quantitative estimate of drug-likeness (QED) is 0.577. The van der Waals surface area contributed by atoms with E-state index in [2.05, 4.69) is 4.98 Å². The van der Waals surface area contributed by atoms with Crippen LogP contribution in [0.4, 0.5) is 0 Å². The van der Waals surface area contributed by atoms with E-state index >= 15 is 0 Å². The number of halogens is 1. The number of unbranched alkanes of at least 4 members (excludes halogenated alkanes) is 1. The summed E-state index contributed by atoms with van der Waals surface area (Å²) in [5.74, 6) is 1.31. The Morgan fingerprint density at radius 2 is 1.96 bits per heavy atom. The smallest absolute Gasteiger partial charge is 0.252 e. The first-order valence-electron chi connectivity index (χ1n) is 7.37. The van der Waals surface area contributed by atoms with E-state index in [-0.39, 0.29) is 18.0 Å². The summed E-state index contributed by atoms with van der Waals surface area (Å²) >= 11 is 5.32. The van der Waals surface area contributed by atoms with Crippen LogP contribution in [-0.2, 0) is 6.54 Å². The number of ether oxygens (including phenoxy) is 2. The zero-order chi connectivity index (χ0) is 16.8. The normalized spacial score (nSPS) is 10.1. The third kappa shape index (κ3) is 4.59. The minimum absolute atomic E-state index is 0. The molecule has 0 saturated carbocycles. The summed E-state index contributed by atoms with van der Waals surface area (Å²) in [6, 6.07) is 7.00. The maximum Gasteiger partial charge on any atom is 0.252 e. The molecule has 0 spiro atoms. The predicted octanol–water partition coefficient (Wildman–Crippen LogP) is 2.75. The summed E-state index contributed by atoms with van der Waals surface area (Å²) in [7, 11) is 3.18. The van der Waals surface area contributed by atoms with Crippen molar-refractivity contribution in [3.05, 3.63) is 39.4 Å². The summed E-state index contributed by atoms with van der Waals surface area (Å²) in [5.41, 5.74) is 6.82. The average Bonchev–Trinajstić information content (AvgIpc) is 2.55. The molecule has 0 unspecified atom stereocenters. The number of hydrogen-bond donors (Lipinski definition) is 2. The highest BCUT2D eigenvalue weighted by Gasteiger charge is 2.13. The Morgan fingerprint density at radius 1 is 1.21 bits per heavy atom. The molecule has 1 heterocycles. The fourth-order valence-corrected chi connectivity index (χ4v) is 2.68. The number of methoxy groups -OCH3 is 2. The highest BCUT2D eigenvalue weighted by molar-refractivity contribution is 7.71. The molecule has 0 aliphatic heterocycles. The van der Waals surface area contributed by atoms with E-state index in [1.807, 2.05) is 16.7 Å². The van der Waals surface area contributed by atoms with Crippen molar-refractivity contribution in [3.63, 3.8) is 0 Å². The first-order chi connectivity index (χ1) is 11.1. The average molecular weight is 372 g/mol. The molecule has 24 heavy (non-hydrogen) atoms. The van der Waals surface area contributed by atoms with Gasteiger partial charge in [0, 0.05) is 24.2 Å². The van der Waals surface area contributed by atoms with Gasteiger partial charge >= 0.3 is 0 Å². The number of nitrogens with two attached hydrogens (primary N) is 1. The lowest BCUT2D eigenvalue weighted by Gasteiger charge is -2.16. The summed E-state index contributed by atoms with van der Waals surface area (Å²) in [4.78, 5) is 14.5. The van der Waals surface area contributed by atoms with Crippen LogP contribution in [0.25, 0.3) is 11.3 Å². The van der Waals surface area contributed by atoms with Crippen LogP contribution in [0.15, 0.2) is 29.1 Å². The van der Waals surface area contributed by atoms with E-state index in [0.717, 1.165) is 24.1 Å². The summed E-state index contributed by atoms with van der Waals surface area (Å²) in [6.45, 7) is 1.30. The largest absolute Gasteiger partial charge is 0.497 e. The molecule has 132 valence electrons. The Bertz CT molecular complexity index is 789. The molecule has 0 bridgehead atoms. The van der Waals surface area contributed by atoms with Crippen molar-refractivity contribution in [1.29, 1.82) is 0 Å². The molecule has 2 rings (SSSR count). The van der Waals surface area contributed by atoms with Crippen molar-refractivity contribution in [2.75, 3.05) is 20.8 Å². The summed E-state index contributed by atoms with van der Waals surface area (Å²) < 4.78 is 12.9. The molecule has 0 radical (unpaired) electrons. The molecule has 6 nitrogen and oxygen atoms in total. The Labute approximate surface area is 152 Å². The molecule has 0 fully saturated rings. The summed E-state index contributed by atoms with van der Waals surface area (Å²) in [6.07, 6.45) is 1.77. The Hall–Kier alpha value is -1.83. The first kappa shape index (κ1) is 20.2. The van der Waals surface area contributed by atoms with Gasteiger partial charge in [-0.15, -0.1) is 12.4 Å². The van der Waals surface area contributed by atoms with Crippen molar-refractivity contribution < 1.29 is 9.47 Å². The number of nitrogens with one attached hydrogen (secondary N) is 1. The molecule has 0 amide bonds. The van der Waals surface area contributed by atoms with Crippen molar-refractivity contribution in [3.8, 4) is 22.8 Å². The number of rotatable bonds is 7. The molecule has 1 aromatic heterocycles. The highest BCUT2D eigenvalue weighted by Crippen LogP contribution is 2.32. The highest BCUT2D eigenvalue weighted by atomic mass is 35.5. The van der Waals surface area contributed by atoms with Gasteiger partial charge < -0.3 is 19.8 Å². The van der Waals surface area contributed by atoms with E-state index in [0.29, 0.717) is 29.4 Å². The molecule has 0 aliphatic rings. The number of nitrogens with zero attached hydrogens (tertiary/aromatic N) is 1. The molecular formula is C16H22ClN3O3S. The van der Waals surface area contributed by atoms with Gasteiger partial charge in [0.05, 0.1) is 19.9 Å². The minimum atomic E-state index is -0.238. The second-order valence-corrected chi connectivity index (χ2v) is 5.42. The second kappa shape index (κ2) is 9.46. The Morgan fingerprint density at radius 3 is 2.58 bits per heavy atom. The second-order valence-electron chi connectivity index (χ2n) is 5.04. The maximum atomic E-state index is 11.9. The van der Waals surface area contributed by atoms with Gasteiger partial charge in [-0.05, 0) is 43.7 Å². The van der Waals surface area contributed by atoms with Crippen LogP contribution >= 0.6 is 24.6 Å². The van der Waals surface area contributed by atoms with Crippen molar-refractivity contribution in [2.24, 2.45) is 5.73 Å². The van der Waals surface area contributed by atoms with Crippen molar-refractivity contribution in [2.45, 2.75) is 19.4 Å². The number of hydrogen-bond acceptors (Lipinski definition) is 5. The third-order valence-corrected chi connectivity index (χ3v) is 3.88. The SMILES string of the molecule is COc1ccc(-c2cc(=O)[nH]c(=S)n2CCCCN)c(OC)c1.Cl. The minimum Gasteiger partial charge on any atom is -0.497 e. The summed E-state index contributed by atoms with van der Waals surface area (Å²) in [5, 5.41) is 0. The number of H-pyrrole nitrogens is 1. The van der Waals surface area contributed by atoms with Gasteiger partial charge in [-0.2, -0.15) is 0 Å². The van der Waals surface area contributed by atoms with Crippen molar-refractivity contribution >= 4 is 24.6 Å². The van der Waals surface area contributed by atoms with Crippen LogP contribution in [0.1, 0.15) is 12.8 Å². The zero-order valence-electron chi connectivity index (χ0n) is 13.7. The van der Waals surface area contributed by atoms with Crippen LogP contribution in [0, 0.1) is 4.77 Å². The molecule has 8 heteroatoms. The zero-order valence-corrected chi connectivity index (χ0v) is 15.3. The van der Waals surface area contributed by atoms with Gasteiger partial charge in [-0.1, -0.05) is 0 Å². The lowest BCUT2D eigenvalue weighted by atomic mass is 10.1. The van der Waals surface area contributed by atoms with E-state index < -0.39 is 0 Å². The fraction of sp³-hybridized carbons (Fsp3) is 0.375. The van der Waals surface area contributed by atoms with Crippen LogP contribution in [-0.4, -0.2) is 30.3 Å². The monoisotopic (exact) mass is 371 g/mol. The lowest BCUT2D eigenvalue weighted by Crippen LogP contribution is -2.15. The maximum absolute atomic E-state index is 11.9. The molecule has 0 saturated heterocycles. The van der Waals surface area contributed by atoms with Crippen LogP contribution < -0.4 is 20.8 Å². The topological polar surface area (TPSA) is 82.3 Å². The van der Waals surface area contributed by atoms with Gasteiger partial charge in [-0.3, -0.25) is 9.78 Å². The molecule has 3 N–H and O–H groups in total. The van der Waals surface area contributed by atoms with E-state index in [1.165, 1.54) is 6.07 Å². The van der Waals surface area contributed by atoms with Gasteiger partial charge in [-0.25, -0.2) is 0 Å². The van der Waals surface area contributed by atoms with E-state index in [9.17, 15) is 4.79 Å². The first-order valence-corrected chi connectivity index (χ1v) is 7.78. The number of benzene rings is 1. The Balaban J connectivity index is 0.00000288. The molecule has 0 aliphatic carbocycles. The van der Waals surface area contributed by atoms with Crippen LogP contribution in [0.3, 0.4) is 0 Å². The molecular weight excluding hydrogens is 350 g/mol. The van der Waals surface area contributed by atoms with Gasteiger partial charge in [0.1, 0.15) is 11.5 Å². The lowest BCUT2D eigenvalue weighted by molar-refractivity contribution is 0.395. The molecule has 2 aromatic rings. The Kier molecular flexibility index (Phi) is 7.97. The van der Waals surface area contributed by atoms with Crippen molar-refractivity contribution in [1.82, 2.24) is 9.55 Å². The van der Waals surface area contributed by atoms with Crippen LogP contribution in [0.5, 0.6) is 11.5 Å². The standard InChI is InChI=1S/C16H21N3O3S.ClH/c1-21-11-5-6-12(14(9-11)22-2)13-10-15(20)18-16(23)19(13)8-4-3-7-17;/h5-6,9-10H,3-4,7-8,17H2,1-2H3,(H,18,20,23);1H. The third-order valence-electron chi connectivity index (χ3n) is 3.55. The molecule has 1 aromatic carbocycles. The van der Waals surface area contributed by atoms with Gasteiger partial charge in [0.25, 0.3) is 5.56 Å². The van der Waals surface area contributed by atoms with Gasteiger partial charge in [0.15, 0.2) is 4.77 Å². The fourth-order valence-electron chi connectivity index (χ4n) is 2.39.